The van der Waals surface area contributed by atoms with Gasteiger partial charge in [-0.05, 0) is 55.7 Å². The summed E-state index contributed by atoms with van der Waals surface area (Å²) in [6.07, 6.45) is -2.79. The first kappa shape index (κ1) is 19.6. The lowest BCUT2D eigenvalue weighted by Gasteiger charge is -2.17. The second kappa shape index (κ2) is 6.83. The van der Waals surface area contributed by atoms with Gasteiger partial charge in [0.05, 0.1) is 16.6 Å². The maximum absolute atomic E-state index is 12.7. The zero-order chi connectivity index (χ0) is 21.8. The van der Waals surface area contributed by atoms with E-state index in [0.717, 1.165) is 29.0 Å². The topological polar surface area (TPSA) is 86.9 Å². The summed E-state index contributed by atoms with van der Waals surface area (Å²) in [6.45, 7) is 0. The molecule has 5 rings (SSSR count). The Kier molecular flexibility index (Phi) is 4.32. The number of fused-ring (bicyclic) bond motifs is 1. The average Bonchev–Trinajstić information content (AvgIpc) is 3.64. The number of carbonyl (C=O) groups is 2. The van der Waals surface area contributed by atoms with Crippen molar-refractivity contribution in [3.05, 3.63) is 59.9 Å². The van der Waals surface area contributed by atoms with Gasteiger partial charge in [-0.2, -0.15) is 13.2 Å². The normalized spacial score (nSPS) is 21.5. The fraction of sp³-hybridized carbons (Fsp3) is 0.318. The van der Waals surface area contributed by atoms with Gasteiger partial charge in [0, 0.05) is 17.5 Å². The highest BCUT2D eigenvalue weighted by atomic mass is 19.4. The Labute approximate surface area is 175 Å². The van der Waals surface area contributed by atoms with Gasteiger partial charge >= 0.3 is 6.18 Å². The number of hydrogen-bond acceptors (Lipinski definition) is 3. The number of aromatic amines is 1. The summed E-state index contributed by atoms with van der Waals surface area (Å²) in [5.41, 5.74) is 0.229. The van der Waals surface area contributed by atoms with Crippen LogP contribution in [0.3, 0.4) is 0 Å². The van der Waals surface area contributed by atoms with E-state index in [1.165, 1.54) is 12.1 Å². The highest BCUT2D eigenvalue weighted by molar-refractivity contribution is 6.03. The summed E-state index contributed by atoms with van der Waals surface area (Å²) in [5, 5.41) is 5.46. The fourth-order valence-corrected chi connectivity index (χ4v) is 3.79. The van der Waals surface area contributed by atoms with Crippen molar-refractivity contribution in [1.82, 2.24) is 15.3 Å². The molecule has 6 nitrogen and oxygen atoms in total. The Bertz CT molecular complexity index is 1130. The number of rotatable bonds is 5. The minimum absolute atomic E-state index is 0.0128. The number of H-pyrrole nitrogens is 1. The van der Waals surface area contributed by atoms with Crippen LogP contribution >= 0.6 is 0 Å². The molecule has 3 N–H and O–H groups in total. The third-order valence-electron chi connectivity index (χ3n) is 5.90. The zero-order valence-electron chi connectivity index (χ0n) is 16.3. The van der Waals surface area contributed by atoms with Crippen molar-refractivity contribution in [3.63, 3.8) is 0 Å². The number of nitrogens with zero attached hydrogens (tertiary/aromatic N) is 1. The molecule has 9 heteroatoms. The molecular formula is C22H19F3N4O2. The average molecular weight is 428 g/mol. The van der Waals surface area contributed by atoms with Gasteiger partial charge in [-0.15, -0.1) is 0 Å². The Hall–Kier alpha value is -3.36. The number of imidazole rings is 1. The summed E-state index contributed by atoms with van der Waals surface area (Å²) < 4.78 is 38.0. The lowest BCUT2D eigenvalue weighted by atomic mass is 10.1. The molecule has 0 unspecified atom stereocenters. The van der Waals surface area contributed by atoms with Crippen LogP contribution in [-0.4, -0.2) is 27.3 Å². The molecule has 0 saturated heterocycles. The molecule has 1 aromatic heterocycles. The number of anilines is 1. The summed E-state index contributed by atoms with van der Waals surface area (Å²) >= 11 is 0. The van der Waals surface area contributed by atoms with Crippen LogP contribution in [0, 0.1) is 5.92 Å². The highest BCUT2D eigenvalue weighted by Gasteiger charge is 2.55. The van der Waals surface area contributed by atoms with Crippen molar-refractivity contribution >= 4 is 28.5 Å². The van der Waals surface area contributed by atoms with E-state index in [-0.39, 0.29) is 23.4 Å². The summed E-state index contributed by atoms with van der Waals surface area (Å²) in [7, 11) is 0. The van der Waals surface area contributed by atoms with E-state index < -0.39 is 23.2 Å². The van der Waals surface area contributed by atoms with Crippen LogP contribution in [0.2, 0.25) is 0 Å². The van der Waals surface area contributed by atoms with E-state index in [1.54, 1.807) is 0 Å². The Balaban J connectivity index is 1.21. The predicted octanol–water partition coefficient (Wildman–Crippen LogP) is 3.97. The molecule has 2 fully saturated rings. The monoisotopic (exact) mass is 428 g/mol. The number of para-hydroxylation sites is 2. The number of hydrogen-bond donors (Lipinski definition) is 3. The van der Waals surface area contributed by atoms with E-state index in [4.69, 9.17) is 0 Å². The van der Waals surface area contributed by atoms with Gasteiger partial charge in [-0.3, -0.25) is 9.59 Å². The number of nitrogens with one attached hydrogen (secondary N) is 3. The standard InChI is InChI=1S/C22H19F3N4O2/c23-22(24,25)12-5-7-13(8-6-12)26-20(31)21(9-10-21)29-19(30)15-11-14(15)18-27-16-3-1-2-4-17(16)28-18/h1-8,14-15H,9-11H2,(H,26,31)(H,27,28)(H,29,30)/t14-,15-/m0/s1. The zero-order valence-corrected chi connectivity index (χ0v) is 16.3. The molecule has 0 bridgehead atoms. The van der Waals surface area contributed by atoms with Gasteiger partial charge in [-0.1, -0.05) is 12.1 Å². The minimum atomic E-state index is -4.44. The molecule has 3 aromatic rings. The number of carbonyl (C=O) groups excluding carboxylic acids is 2. The van der Waals surface area contributed by atoms with Crippen molar-refractivity contribution in [2.45, 2.75) is 36.9 Å². The lowest BCUT2D eigenvalue weighted by Crippen LogP contribution is -2.46. The van der Waals surface area contributed by atoms with Crippen LogP contribution in [0.4, 0.5) is 18.9 Å². The van der Waals surface area contributed by atoms with Gasteiger partial charge in [-0.25, -0.2) is 4.98 Å². The van der Waals surface area contributed by atoms with Crippen molar-refractivity contribution < 1.29 is 22.8 Å². The van der Waals surface area contributed by atoms with E-state index >= 15 is 0 Å². The summed E-state index contributed by atoms with van der Waals surface area (Å²) in [5.74, 6) is -0.120. The van der Waals surface area contributed by atoms with Crippen LogP contribution in [0.5, 0.6) is 0 Å². The molecule has 0 aliphatic heterocycles. The Morgan fingerprint density at radius 3 is 2.42 bits per heavy atom. The maximum Gasteiger partial charge on any atom is 0.416 e. The molecule has 0 spiro atoms. The first-order valence-corrected chi connectivity index (χ1v) is 10.0. The quantitative estimate of drug-likeness (QED) is 0.575. The van der Waals surface area contributed by atoms with Crippen LogP contribution in [0.1, 0.15) is 36.6 Å². The second-order valence-corrected chi connectivity index (χ2v) is 8.19. The minimum Gasteiger partial charge on any atom is -0.342 e. The molecule has 2 atom stereocenters. The number of benzene rings is 2. The summed E-state index contributed by atoms with van der Waals surface area (Å²) in [4.78, 5) is 33.2. The molecule has 2 aromatic carbocycles. The van der Waals surface area contributed by atoms with Gasteiger partial charge in [0.2, 0.25) is 11.8 Å². The van der Waals surface area contributed by atoms with Crippen molar-refractivity contribution in [1.29, 1.82) is 0 Å². The fourth-order valence-electron chi connectivity index (χ4n) is 3.79. The first-order valence-electron chi connectivity index (χ1n) is 10.0. The molecule has 2 saturated carbocycles. The van der Waals surface area contributed by atoms with Gasteiger partial charge < -0.3 is 15.6 Å². The van der Waals surface area contributed by atoms with Crippen molar-refractivity contribution in [2.75, 3.05) is 5.32 Å². The Morgan fingerprint density at radius 1 is 1.06 bits per heavy atom. The third kappa shape index (κ3) is 3.75. The molecular weight excluding hydrogens is 409 g/mol. The lowest BCUT2D eigenvalue weighted by molar-refractivity contribution is -0.137. The van der Waals surface area contributed by atoms with Gasteiger partial charge in [0.25, 0.3) is 0 Å². The smallest absolute Gasteiger partial charge is 0.342 e. The molecule has 0 radical (unpaired) electrons. The number of alkyl halides is 3. The van der Waals surface area contributed by atoms with Crippen LogP contribution in [-0.2, 0) is 15.8 Å². The second-order valence-electron chi connectivity index (χ2n) is 8.19. The number of amides is 2. The van der Waals surface area contributed by atoms with E-state index in [1.807, 2.05) is 24.3 Å². The third-order valence-corrected chi connectivity index (χ3v) is 5.90. The molecule has 31 heavy (non-hydrogen) atoms. The largest absolute Gasteiger partial charge is 0.416 e. The molecule has 2 amide bonds. The summed E-state index contributed by atoms with van der Waals surface area (Å²) in [6, 6.07) is 11.9. The van der Waals surface area contributed by atoms with Crippen molar-refractivity contribution in [2.24, 2.45) is 5.92 Å². The number of halogens is 3. The van der Waals surface area contributed by atoms with Crippen LogP contribution < -0.4 is 10.6 Å². The molecule has 2 aliphatic carbocycles. The van der Waals surface area contributed by atoms with Crippen molar-refractivity contribution in [3.8, 4) is 0 Å². The highest BCUT2D eigenvalue weighted by Crippen LogP contribution is 2.48. The predicted molar refractivity (Wildman–Crippen MR) is 107 cm³/mol. The SMILES string of the molecule is O=C(NC1(C(=O)Nc2ccc(C(F)(F)F)cc2)CC1)[C@H]1C[C@@H]1c1nc2ccccc2[nH]1. The van der Waals surface area contributed by atoms with Gasteiger partial charge in [0.15, 0.2) is 0 Å². The Morgan fingerprint density at radius 2 is 1.77 bits per heavy atom. The molecule has 1 heterocycles. The van der Waals surface area contributed by atoms with Crippen LogP contribution in [0.15, 0.2) is 48.5 Å². The van der Waals surface area contributed by atoms with Gasteiger partial charge in [0.1, 0.15) is 11.4 Å². The molecule has 2 aliphatic rings. The number of aromatic nitrogens is 2. The van der Waals surface area contributed by atoms with E-state index in [2.05, 4.69) is 20.6 Å². The van der Waals surface area contributed by atoms with E-state index in [9.17, 15) is 22.8 Å². The van der Waals surface area contributed by atoms with Crippen LogP contribution in [0.25, 0.3) is 11.0 Å². The first-order chi connectivity index (χ1) is 14.7. The molecule has 160 valence electrons. The maximum atomic E-state index is 12.7. The van der Waals surface area contributed by atoms with E-state index in [0.29, 0.717) is 19.3 Å².